The molecule has 2 aromatic carbocycles. The van der Waals surface area contributed by atoms with Gasteiger partial charge in [0.05, 0.1) is 28.5 Å². The van der Waals surface area contributed by atoms with Crippen LogP contribution in [0, 0.1) is 19.8 Å². The lowest BCUT2D eigenvalue weighted by atomic mass is 9.96. The Hall–Kier alpha value is -3.35. The molecule has 4 heterocycles. The van der Waals surface area contributed by atoms with Crippen LogP contribution in [0.15, 0.2) is 79.0 Å². The van der Waals surface area contributed by atoms with Crippen LogP contribution in [0.4, 0.5) is 11.4 Å². The molecule has 0 saturated carbocycles. The Kier molecular flexibility index (Phi) is 7.56. The van der Waals surface area contributed by atoms with Gasteiger partial charge in [0.1, 0.15) is 0 Å². The largest absolute Gasteiger partial charge is 0.370 e. The summed E-state index contributed by atoms with van der Waals surface area (Å²) in [6.45, 7) is 9.65. The van der Waals surface area contributed by atoms with Crippen molar-refractivity contribution >= 4 is 40.3 Å². The average molecular weight is 570 g/mol. The number of aryl methyl sites for hydroxylation is 1. The summed E-state index contributed by atoms with van der Waals surface area (Å²) in [4.78, 5) is 9.38. The molecule has 0 bridgehead atoms. The molecule has 206 valence electrons. The highest BCUT2D eigenvalue weighted by molar-refractivity contribution is 7.80. The number of rotatable bonds is 6. The molecule has 5 nitrogen and oxygen atoms in total. The minimum Gasteiger partial charge on any atom is -0.370 e. The lowest BCUT2D eigenvalue weighted by Crippen LogP contribution is -2.33. The van der Waals surface area contributed by atoms with Gasteiger partial charge in [0.2, 0.25) is 0 Å². The Bertz CT molecular complexity index is 1490. The Balaban J connectivity index is 1.40. The highest BCUT2D eigenvalue weighted by Crippen LogP contribution is 2.45. The van der Waals surface area contributed by atoms with Crippen molar-refractivity contribution in [3.05, 3.63) is 112 Å². The molecule has 0 unspecified atom stereocenters. The van der Waals surface area contributed by atoms with Crippen molar-refractivity contribution in [2.45, 2.75) is 52.2 Å². The fourth-order valence-electron chi connectivity index (χ4n) is 6.24. The first-order valence-corrected chi connectivity index (χ1v) is 14.9. The minimum absolute atomic E-state index is 0.0733. The van der Waals surface area contributed by atoms with E-state index in [-0.39, 0.29) is 12.1 Å². The number of benzene rings is 2. The summed E-state index contributed by atoms with van der Waals surface area (Å²) >= 11 is 13.0. The first-order valence-electron chi connectivity index (χ1n) is 14.2. The smallest absolute Gasteiger partial charge is 0.174 e. The summed E-state index contributed by atoms with van der Waals surface area (Å²) in [7, 11) is 0. The Labute approximate surface area is 247 Å². The summed E-state index contributed by atoms with van der Waals surface area (Å²) in [5.41, 5.74) is 8.04. The van der Waals surface area contributed by atoms with Crippen molar-refractivity contribution in [3.8, 4) is 0 Å². The summed E-state index contributed by atoms with van der Waals surface area (Å²) < 4.78 is 2.40. The number of halogens is 1. The first kappa shape index (κ1) is 26.9. The average Bonchev–Trinajstić information content (AvgIpc) is 3.45. The number of anilines is 2. The predicted molar refractivity (Wildman–Crippen MR) is 169 cm³/mol. The van der Waals surface area contributed by atoms with Crippen molar-refractivity contribution in [2.24, 2.45) is 5.92 Å². The lowest BCUT2D eigenvalue weighted by molar-refractivity contribution is 0.438. The normalized spacial score (nSPS) is 19.8. The van der Waals surface area contributed by atoms with Gasteiger partial charge in [0.15, 0.2) is 5.11 Å². The molecule has 1 N–H and O–H groups in total. The molecular formula is C33H36ClN5S. The maximum Gasteiger partial charge on any atom is 0.174 e. The van der Waals surface area contributed by atoms with Crippen molar-refractivity contribution in [2.75, 3.05) is 22.9 Å². The number of pyridine rings is 1. The quantitative estimate of drug-likeness (QED) is 0.242. The van der Waals surface area contributed by atoms with Gasteiger partial charge in [-0.15, -0.1) is 0 Å². The second-order valence-corrected chi connectivity index (χ2v) is 12.0. The molecule has 6 rings (SSSR count). The molecule has 0 amide bonds. The molecule has 7 heteroatoms. The molecule has 2 saturated heterocycles. The van der Waals surface area contributed by atoms with E-state index in [2.05, 4.69) is 101 Å². The van der Waals surface area contributed by atoms with Crippen LogP contribution in [0.25, 0.3) is 0 Å². The third-order valence-corrected chi connectivity index (χ3v) is 9.16. The second kappa shape index (κ2) is 11.3. The highest BCUT2D eigenvalue weighted by Gasteiger charge is 2.42. The van der Waals surface area contributed by atoms with Crippen LogP contribution in [0.1, 0.15) is 60.1 Å². The maximum absolute atomic E-state index is 6.97. The molecule has 2 atom stereocenters. The van der Waals surface area contributed by atoms with Gasteiger partial charge in [-0.05, 0) is 92.4 Å². The minimum atomic E-state index is -0.0959. The van der Waals surface area contributed by atoms with Crippen LogP contribution in [-0.2, 0) is 6.54 Å². The fraction of sp³-hybridized carbons (Fsp3) is 0.333. The van der Waals surface area contributed by atoms with Gasteiger partial charge in [0.25, 0.3) is 0 Å². The third kappa shape index (κ3) is 5.11. The Morgan fingerprint density at radius 2 is 1.73 bits per heavy atom. The third-order valence-electron chi connectivity index (χ3n) is 8.55. The van der Waals surface area contributed by atoms with Gasteiger partial charge < -0.3 is 19.7 Å². The summed E-state index contributed by atoms with van der Waals surface area (Å²) in [5, 5.41) is 5.06. The van der Waals surface area contributed by atoms with E-state index in [1.54, 1.807) is 0 Å². The number of thiocarbonyl (C=S) groups is 1. The highest BCUT2D eigenvalue weighted by atomic mass is 35.5. The summed E-state index contributed by atoms with van der Waals surface area (Å²) in [6.07, 6.45) is 4.25. The van der Waals surface area contributed by atoms with E-state index in [0.717, 1.165) is 47.6 Å². The van der Waals surface area contributed by atoms with Gasteiger partial charge in [-0.25, -0.2) is 0 Å². The number of hydrogen-bond acceptors (Lipinski definition) is 3. The van der Waals surface area contributed by atoms with Crippen LogP contribution in [0.2, 0.25) is 5.02 Å². The van der Waals surface area contributed by atoms with Crippen molar-refractivity contribution < 1.29 is 0 Å². The topological polar surface area (TPSA) is 36.3 Å². The maximum atomic E-state index is 6.97. The molecule has 4 aromatic rings. The molecule has 0 spiro atoms. The van der Waals surface area contributed by atoms with Crippen molar-refractivity contribution in [1.82, 2.24) is 14.9 Å². The van der Waals surface area contributed by atoms with Gasteiger partial charge in [0, 0.05) is 42.9 Å². The predicted octanol–water partition coefficient (Wildman–Crippen LogP) is 7.62. The second-order valence-electron chi connectivity index (χ2n) is 11.2. The summed E-state index contributed by atoms with van der Waals surface area (Å²) in [6, 6.07) is 25.3. The van der Waals surface area contributed by atoms with Gasteiger partial charge >= 0.3 is 0 Å². The SMILES string of the molecule is Cc1cc([C@H]2[C@@H](c3ccccn3)NC(=S)N2c2ccc(N3CCC(C)CC3)c(Cl)c2)c(C)n1Cc1ccccc1. The summed E-state index contributed by atoms with van der Waals surface area (Å²) in [5.74, 6) is 0.771. The van der Waals surface area contributed by atoms with E-state index in [0.29, 0.717) is 5.11 Å². The Morgan fingerprint density at radius 1 is 0.975 bits per heavy atom. The van der Waals surface area contributed by atoms with Crippen LogP contribution < -0.4 is 15.1 Å². The van der Waals surface area contributed by atoms with Crippen LogP contribution in [0.5, 0.6) is 0 Å². The molecule has 2 aliphatic heterocycles. The molecule has 40 heavy (non-hydrogen) atoms. The van der Waals surface area contributed by atoms with E-state index in [9.17, 15) is 0 Å². The van der Waals surface area contributed by atoms with E-state index in [1.165, 1.54) is 35.4 Å². The van der Waals surface area contributed by atoms with Gasteiger partial charge in [-0.2, -0.15) is 0 Å². The number of piperidine rings is 1. The van der Waals surface area contributed by atoms with E-state index < -0.39 is 0 Å². The molecule has 2 aromatic heterocycles. The number of aromatic nitrogens is 2. The first-order chi connectivity index (χ1) is 19.4. The molecular weight excluding hydrogens is 534 g/mol. The molecule has 2 fully saturated rings. The van der Waals surface area contributed by atoms with Gasteiger partial charge in [-0.1, -0.05) is 54.9 Å². The van der Waals surface area contributed by atoms with Crippen LogP contribution >= 0.6 is 23.8 Å². The van der Waals surface area contributed by atoms with Gasteiger partial charge in [-0.3, -0.25) is 4.98 Å². The zero-order chi connectivity index (χ0) is 27.8. The van der Waals surface area contributed by atoms with Crippen molar-refractivity contribution in [1.29, 1.82) is 0 Å². The standard InChI is InChI=1S/C33H36ClN5S/c1-22-14-17-37(18-15-22)30-13-12-26(20-28(30)34)39-32(31(36-33(39)40)29-11-7-8-16-35-29)27-19-23(2)38(24(27)3)21-25-9-5-4-6-10-25/h4-13,16,19-20,22,31-32H,14-15,17-18,21H2,1-3H3,(H,36,40)/t31-,32+/m1/s1. The van der Waals surface area contributed by atoms with E-state index in [1.807, 2.05) is 18.3 Å². The number of nitrogens with zero attached hydrogens (tertiary/aromatic N) is 4. The van der Waals surface area contributed by atoms with Crippen molar-refractivity contribution in [3.63, 3.8) is 0 Å². The Morgan fingerprint density at radius 3 is 2.42 bits per heavy atom. The number of hydrogen-bond donors (Lipinski definition) is 1. The number of nitrogens with one attached hydrogen (secondary N) is 1. The lowest BCUT2D eigenvalue weighted by Gasteiger charge is -2.33. The van der Waals surface area contributed by atoms with E-state index >= 15 is 0 Å². The molecule has 0 radical (unpaired) electrons. The molecule has 0 aliphatic carbocycles. The molecule has 2 aliphatic rings. The van der Waals surface area contributed by atoms with Crippen LogP contribution in [0.3, 0.4) is 0 Å². The monoisotopic (exact) mass is 569 g/mol. The zero-order valence-corrected chi connectivity index (χ0v) is 24.9. The zero-order valence-electron chi connectivity index (χ0n) is 23.3. The fourth-order valence-corrected chi connectivity index (χ4v) is 6.88. The van der Waals surface area contributed by atoms with E-state index in [4.69, 9.17) is 28.8 Å². The van der Waals surface area contributed by atoms with Crippen LogP contribution in [-0.4, -0.2) is 27.8 Å².